The lowest BCUT2D eigenvalue weighted by Gasteiger charge is -2.26. The second-order valence-electron chi connectivity index (χ2n) is 5.76. The summed E-state index contributed by atoms with van der Waals surface area (Å²) in [6.07, 6.45) is 9.62. The summed E-state index contributed by atoms with van der Waals surface area (Å²) < 4.78 is 0. The minimum atomic E-state index is 0.896. The average Bonchev–Trinajstić information content (AvgIpc) is 3.25. The molecule has 0 spiro atoms. The molecule has 0 bridgehead atoms. The summed E-state index contributed by atoms with van der Waals surface area (Å²) in [7, 11) is 0. The Hall–Kier alpha value is -1.12. The smallest absolute Gasteiger partial charge is 0.00682 e. The SMILES string of the molecule is C(CC1CNC1)NC1CC1.CC/C=C\c1ccccc1. The van der Waals surface area contributed by atoms with Gasteiger partial charge in [-0.3, -0.25) is 0 Å². The Kier molecular flexibility index (Phi) is 6.82. The lowest BCUT2D eigenvalue weighted by molar-refractivity contribution is 0.322. The molecule has 1 saturated carbocycles. The van der Waals surface area contributed by atoms with E-state index in [1.54, 1.807) is 0 Å². The van der Waals surface area contributed by atoms with Crippen LogP contribution in [0.4, 0.5) is 0 Å². The molecule has 0 aromatic heterocycles. The number of nitrogens with one attached hydrogen (secondary N) is 2. The van der Waals surface area contributed by atoms with Gasteiger partial charge in [-0.1, -0.05) is 49.4 Å². The fraction of sp³-hybridized carbons (Fsp3) is 0.556. The normalized spacial score (nSPS) is 18.4. The Morgan fingerprint density at radius 1 is 1.20 bits per heavy atom. The maximum Gasteiger partial charge on any atom is 0.00682 e. The molecule has 1 saturated heterocycles. The molecule has 1 aromatic rings. The van der Waals surface area contributed by atoms with Gasteiger partial charge in [0, 0.05) is 6.04 Å². The summed E-state index contributed by atoms with van der Waals surface area (Å²) in [5.74, 6) is 0.978. The van der Waals surface area contributed by atoms with Gasteiger partial charge >= 0.3 is 0 Å². The second-order valence-corrected chi connectivity index (χ2v) is 5.76. The first-order valence-corrected chi connectivity index (χ1v) is 8.04. The van der Waals surface area contributed by atoms with E-state index in [1.807, 2.05) is 6.07 Å². The van der Waals surface area contributed by atoms with Gasteiger partial charge in [0.2, 0.25) is 0 Å². The Bertz CT molecular complexity index is 378. The van der Waals surface area contributed by atoms with E-state index in [-0.39, 0.29) is 0 Å². The minimum absolute atomic E-state index is 0.896. The predicted molar refractivity (Wildman–Crippen MR) is 87.8 cm³/mol. The summed E-state index contributed by atoms with van der Waals surface area (Å²) in [6.45, 7) is 5.90. The van der Waals surface area contributed by atoms with Gasteiger partial charge in [0.15, 0.2) is 0 Å². The Morgan fingerprint density at radius 2 is 1.95 bits per heavy atom. The van der Waals surface area contributed by atoms with E-state index >= 15 is 0 Å². The molecule has 0 unspecified atom stereocenters. The third kappa shape index (κ3) is 6.36. The number of allylic oxidation sites excluding steroid dienone is 1. The van der Waals surface area contributed by atoms with Crippen LogP contribution >= 0.6 is 0 Å². The summed E-state index contributed by atoms with van der Waals surface area (Å²) in [5, 5.41) is 6.82. The van der Waals surface area contributed by atoms with Crippen LogP contribution in [-0.4, -0.2) is 25.7 Å². The van der Waals surface area contributed by atoms with Crippen LogP contribution in [0.15, 0.2) is 36.4 Å². The van der Waals surface area contributed by atoms with Crippen molar-refractivity contribution in [1.82, 2.24) is 10.6 Å². The van der Waals surface area contributed by atoms with Crippen molar-refractivity contribution in [1.29, 1.82) is 0 Å². The number of benzene rings is 1. The van der Waals surface area contributed by atoms with E-state index in [2.05, 4.69) is 54.0 Å². The Labute approximate surface area is 123 Å². The molecule has 0 amide bonds. The van der Waals surface area contributed by atoms with Gasteiger partial charge in [0.1, 0.15) is 0 Å². The largest absolute Gasteiger partial charge is 0.316 e. The fourth-order valence-corrected chi connectivity index (χ4v) is 2.15. The molecule has 2 heteroatoms. The lowest BCUT2D eigenvalue weighted by atomic mass is 10.00. The van der Waals surface area contributed by atoms with Crippen LogP contribution in [0.5, 0.6) is 0 Å². The monoisotopic (exact) mass is 272 g/mol. The van der Waals surface area contributed by atoms with Crippen molar-refractivity contribution in [3.8, 4) is 0 Å². The minimum Gasteiger partial charge on any atom is -0.316 e. The quantitative estimate of drug-likeness (QED) is 0.829. The number of hydrogen-bond acceptors (Lipinski definition) is 2. The molecule has 2 fully saturated rings. The van der Waals surface area contributed by atoms with Crippen LogP contribution in [0.1, 0.15) is 38.2 Å². The van der Waals surface area contributed by atoms with Crippen LogP contribution in [0.3, 0.4) is 0 Å². The average molecular weight is 272 g/mol. The van der Waals surface area contributed by atoms with Crippen LogP contribution in [0, 0.1) is 5.92 Å². The van der Waals surface area contributed by atoms with Crippen molar-refractivity contribution < 1.29 is 0 Å². The van der Waals surface area contributed by atoms with E-state index in [1.165, 1.54) is 44.5 Å². The molecule has 1 aliphatic carbocycles. The topological polar surface area (TPSA) is 24.1 Å². The van der Waals surface area contributed by atoms with Crippen molar-refractivity contribution in [2.24, 2.45) is 5.92 Å². The molecular weight excluding hydrogens is 244 g/mol. The third-order valence-electron chi connectivity index (χ3n) is 3.77. The number of rotatable bonds is 6. The molecule has 2 aliphatic rings. The second kappa shape index (κ2) is 8.93. The third-order valence-corrected chi connectivity index (χ3v) is 3.77. The van der Waals surface area contributed by atoms with Gasteiger partial charge in [0.25, 0.3) is 0 Å². The van der Waals surface area contributed by atoms with Gasteiger partial charge in [-0.15, -0.1) is 0 Å². The van der Waals surface area contributed by atoms with E-state index in [4.69, 9.17) is 0 Å². The van der Waals surface area contributed by atoms with Crippen molar-refractivity contribution in [2.45, 2.75) is 38.6 Å². The zero-order valence-corrected chi connectivity index (χ0v) is 12.6. The van der Waals surface area contributed by atoms with E-state index < -0.39 is 0 Å². The van der Waals surface area contributed by atoms with E-state index in [0.717, 1.165) is 18.4 Å². The number of hydrogen-bond donors (Lipinski definition) is 2. The molecule has 2 N–H and O–H groups in total. The first-order valence-electron chi connectivity index (χ1n) is 8.04. The molecule has 2 nitrogen and oxygen atoms in total. The summed E-state index contributed by atoms with van der Waals surface area (Å²) in [5.41, 5.74) is 1.28. The van der Waals surface area contributed by atoms with Crippen LogP contribution in [0.2, 0.25) is 0 Å². The van der Waals surface area contributed by atoms with Gasteiger partial charge in [0.05, 0.1) is 0 Å². The fourth-order valence-electron chi connectivity index (χ4n) is 2.15. The highest BCUT2D eigenvalue weighted by Gasteiger charge is 2.21. The maximum atomic E-state index is 3.53. The summed E-state index contributed by atoms with van der Waals surface area (Å²) >= 11 is 0. The molecule has 20 heavy (non-hydrogen) atoms. The first kappa shape index (κ1) is 15.3. The van der Waals surface area contributed by atoms with Crippen molar-refractivity contribution in [2.75, 3.05) is 19.6 Å². The predicted octanol–water partition coefficient (Wildman–Crippen LogP) is 3.46. The summed E-state index contributed by atoms with van der Waals surface area (Å²) in [6, 6.07) is 11.2. The van der Waals surface area contributed by atoms with Crippen LogP contribution in [-0.2, 0) is 0 Å². The standard InChI is InChI=1S/C10H12.C8H16N2/c1-2-3-7-10-8-5-4-6-9-10;1-2-8(1)10-4-3-7-5-9-6-7/h3-9H,2H2,1H3;7-10H,1-6H2/b7-3-;. The highest BCUT2D eigenvalue weighted by molar-refractivity contribution is 5.48. The molecule has 1 aliphatic heterocycles. The highest BCUT2D eigenvalue weighted by atomic mass is 15.0. The molecule has 0 atom stereocenters. The molecule has 1 heterocycles. The van der Waals surface area contributed by atoms with Crippen LogP contribution < -0.4 is 10.6 Å². The van der Waals surface area contributed by atoms with Gasteiger partial charge in [-0.2, -0.15) is 0 Å². The first-order chi connectivity index (χ1) is 9.88. The lowest BCUT2D eigenvalue weighted by Crippen LogP contribution is -2.43. The van der Waals surface area contributed by atoms with Crippen molar-refractivity contribution in [3.63, 3.8) is 0 Å². The van der Waals surface area contributed by atoms with Gasteiger partial charge in [-0.05, 0) is 56.8 Å². The maximum absolute atomic E-state index is 3.53. The van der Waals surface area contributed by atoms with Crippen molar-refractivity contribution >= 4 is 6.08 Å². The Balaban J connectivity index is 0.000000147. The zero-order valence-electron chi connectivity index (χ0n) is 12.6. The molecule has 0 radical (unpaired) electrons. The molecular formula is C18H28N2. The van der Waals surface area contributed by atoms with E-state index in [0.29, 0.717) is 0 Å². The van der Waals surface area contributed by atoms with E-state index in [9.17, 15) is 0 Å². The zero-order chi connectivity index (χ0) is 14.0. The van der Waals surface area contributed by atoms with Crippen molar-refractivity contribution in [3.05, 3.63) is 42.0 Å². The highest BCUT2D eigenvalue weighted by Crippen LogP contribution is 2.19. The molecule has 3 rings (SSSR count). The summed E-state index contributed by atoms with van der Waals surface area (Å²) in [4.78, 5) is 0. The molecule has 110 valence electrons. The Morgan fingerprint density at radius 3 is 2.50 bits per heavy atom. The van der Waals surface area contributed by atoms with Gasteiger partial charge in [-0.25, -0.2) is 0 Å². The van der Waals surface area contributed by atoms with Gasteiger partial charge < -0.3 is 10.6 Å². The van der Waals surface area contributed by atoms with Crippen LogP contribution in [0.25, 0.3) is 6.08 Å². The molecule has 1 aromatic carbocycles.